The minimum Gasteiger partial charge on any atom is -0.299 e. The molecule has 1 heterocycles. The van der Waals surface area contributed by atoms with Gasteiger partial charge in [-0.25, -0.2) is 20.8 Å². The van der Waals surface area contributed by atoms with Gasteiger partial charge in [0.05, 0.1) is 34.0 Å². The maximum absolute atomic E-state index is 13.5. The van der Waals surface area contributed by atoms with Crippen molar-refractivity contribution in [1.82, 2.24) is 13.6 Å². The molecule has 39 heavy (non-hydrogen) atoms. The molecule has 0 saturated carbocycles. The number of aryl methyl sites for hydroxylation is 2. The first-order valence-corrected chi connectivity index (χ1v) is 15.1. The van der Waals surface area contributed by atoms with Gasteiger partial charge >= 0.3 is 0 Å². The molecule has 7 nitrogen and oxygen atoms in total. The number of nitrogens with one attached hydrogen (secondary N) is 1. The second-order valence-electron chi connectivity index (χ2n) is 9.37. The van der Waals surface area contributed by atoms with Gasteiger partial charge in [0.25, 0.3) is 10.0 Å². The third kappa shape index (κ3) is 6.59. The van der Waals surface area contributed by atoms with E-state index in [-0.39, 0.29) is 16.3 Å². The average Bonchev–Trinajstić information content (AvgIpc) is 3.26. The van der Waals surface area contributed by atoms with Crippen molar-refractivity contribution in [3.8, 4) is 23.7 Å². The highest BCUT2D eigenvalue weighted by Crippen LogP contribution is 2.27. The lowest BCUT2D eigenvalue weighted by Crippen LogP contribution is -2.23. The molecule has 9 heteroatoms. The van der Waals surface area contributed by atoms with Crippen molar-refractivity contribution in [3.05, 3.63) is 95.2 Å². The summed E-state index contributed by atoms with van der Waals surface area (Å²) in [4.78, 5) is 2.26. The highest BCUT2D eigenvalue weighted by atomic mass is 32.2. The van der Waals surface area contributed by atoms with Crippen LogP contribution < -0.4 is 4.72 Å². The van der Waals surface area contributed by atoms with Crippen LogP contribution in [0.25, 0.3) is 10.9 Å². The Morgan fingerprint density at radius 2 is 1.41 bits per heavy atom. The van der Waals surface area contributed by atoms with E-state index < -0.39 is 20.0 Å². The van der Waals surface area contributed by atoms with E-state index >= 15 is 0 Å². The van der Waals surface area contributed by atoms with E-state index in [1.54, 1.807) is 54.6 Å². The summed E-state index contributed by atoms with van der Waals surface area (Å²) in [6, 6.07) is 18.5. The number of nitrogens with zero attached hydrogens (tertiary/aromatic N) is 2. The average molecular weight is 560 g/mol. The Labute approximate surface area is 230 Å². The van der Waals surface area contributed by atoms with Crippen LogP contribution in [-0.4, -0.2) is 52.9 Å². The molecule has 0 amide bonds. The maximum atomic E-state index is 13.5. The zero-order valence-corrected chi connectivity index (χ0v) is 23.8. The molecule has 0 aliphatic heterocycles. The normalized spacial score (nSPS) is 11.6. The third-order valence-electron chi connectivity index (χ3n) is 5.88. The number of sulfonamides is 1. The lowest BCUT2D eigenvalue weighted by atomic mass is 10.1. The van der Waals surface area contributed by atoms with E-state index in [0.29, 0.717) is 23.0 Å². The standard InChI is InChI=1S/C30H29N3O4S2/c1-23-9-14-27(15-10-23)38(34,35)31-19-5-8-26-22-33(39(36,37)28-16-11-24(2)12-17-28)30-18-13-25(21-29(26)30)7-6-20-32(3)4/h9-18,21-22,31H,19-20H2,1-4H3. The summed E-state index contributed by atoms with van der Waals surface area (Å²) in [6.07, 6.45) is 1.47. The molecule has 200 valence electrons. The van der Waals surface area contributed by atoms with Crippen LogP contribution in [0.4, 0.5) is 0 Å². The van der Waals surface area contributed by atoms with Crippen molar-refractivity contribution in [2.24, 2.45) is 0 Å². The second-order valence-corrected chi connectivity index (χ2v) is 12.9. The number of rotatable bonds is 6. The Kier molecular flexibility index (Phi) is 8.29. The third-order valence-corrected chi connectivity index (χ3v) is 8.99. The number of fused-ring (bicyclic) bond motifs is 1. The smallest absolute Gasteiger partial charge is 0.268 e. The van der Waals surface area contributed by atoms with Crippen LogP contribution in [0, 0.1) is 37.5 Å². The van der Waals surface area contributed by atoms with Gasteiger partial charge in [-0.05, 0) is 70.4 Å². The summed E-state index contributed by atoms with van der Waals surface area (Å²) in [6.45, 7) is 4.20. The SMILES string of the molecule is Cc1ccc(S(=O)(=O)NCC#Cc2cn(S(=O)(=O)c3ccc(C)cc3)c3ccc(C#CCN(C)C)cc23)cc1. The van der Waals surface area contributed by atoms with Crippen LogP contribution in [0.5, 0.6) is 0 Å². The maximum Gasteiger partial charge on any atom is 0.268 e. The molecule has 0 saturated heterocycles. The molecule has 0 bridgehead atoms. The summed E-state index contributed by atoms with van der Waals surface area (Å²) in [5, 5.41) is 0.608. The minimum absolute atomic E-state index is 0.143. The van der Waals surface area contributed by atoms with Crippen LogP contribution in [-0.2, 0) is 20.0 Å². The van der Waals surface area contributed by atoms with Crippen LogP contribution in [0.2, 0.25) is 0 Å². The van der Waals surface area contributed by atoms with E-state index in [2.05, 4.69) is 28.4 Å². The number of aromatic nitrogens is 1. The van der Waals surface area contributed by atoms with Crippen molar-refractivity contribution in [2.75, 3.05) is 27.2 Å². The van der Waals surface area contributed by atoms with E-state index in [1.807, 2.05) is 32.8 Å². The van der Waals surface area contributed by atoms with E-state index in [0.717, 1.165) is 16.7 Å². The van der Waals surface area contributed by atoms with Gasteiger partial charge in [-0.15, -0.1) is 0 Å². The molecule has 0 atom stereocenters. The Morgan fingerprint density at radius 1 is 0.795 bits per heavy atom. The molecule has 0 unspecified atom stereocenters. The van der Waals surface area contributed by atoms with Gasteiger partial charge in [0.15, 0.2) is 0 Å². The summed E-state index contributed by atoms with van der Waals surface area (Å²) >= 11 is 0. The number of hydrogen-bond donors (Lipinski definition) is 1. The van der Waals surface area contributed by atoms with Crippen LogP contribution in [0.3, 0.4) is 0 Å². The Balaban J connectivity index is 1.72. The van der Waals surface area contributed by atoms with E-state index in [4.69, 9.17) is 0 Å². The predicted octanol–water partition coefficient (Wildman–Crippen LogP) is 3.74. The van der Waals surface area contributed by atoms with Gasteiger partial charge in [0, 0.05) is 17.1 Å². The Hall–Kier alpha value is -3.86. The second kappa shape index (κ2) is 11.5. The molecule has 1 aromatic heterocycles. The lowest BCUT2D eigenvalue weighted by Gasteiger charge is -2.08. The summed E-state index contributed by atoms with van der Waals surface area (Å²) < 4.78 is 56.0. The van der Waals surface area contributed by atoms with Gasteiger partial charge < -0.3 is 0 Å². The van der Waals surface area contributed by atoms with Crippen molar-refractivity contribution >= 4 is 30.9 Å². The topological polar surface area (TPSA) is 88.5 Å². The fourth-order valence-electron chi connectivity index (χ4n) is 3.77. The summed E-state index contributed by atoms with van der Waals surface area (Å²) in [5.41, 5.74) is 3.53. The predicted molar refractivity (Wildman–Crippen MR) is 154 cm³/mol. The molecule has 0 aliphatic carbocycles. The highest BCUT2D eigenvalue weighted by Gasteiger charge is 2.21. The fraction of sp³-hybridized carbons (Fsp3) is 0.200. The number of benzene rings is 3. The van der Waals surface area contributed by atoms with Crippen molar-refractivity contribution in [2.45, 2.75) is 23.6 Å². The highest BCUT2D eigenvalue weighted by molar-refractivity contribution is 7.90. The molecule has 0 fully saturated rings. The lowest BCUT2D eigenvalue weighted by molar-refractivity contribution is 0.464. The minimum atomic E-state index is -3.90. The molecule has 4 aromatic rings. The summed E-state index contributed by atoms with van der Waals surface area (Å²) in [7, 11) is -3.78. The van der Waals surface area contributed by atoms with Gasteiger partial charge in [-0.2, -0.15) is 4.72 Å². The van der Waals surface area contributed by atoms with Crippen molar-refractivity contribution < 1.29 is 16.8 Å². The Bertz CT molecular complexity index is 1850. The first kappa shape index (κ1) is 28.2. The largest absolute Gasteiger partial charge is 0.299 e. The van der Waals surface area contributed by atoms with Crippen LogP contribution in [0.1, 0.15) is 22.3 Å². The van der Waals surface area contributed by atoms with Crippen LogP contribution >= 0.6 is 0 Å². The van der Waals surface area contributed by atoms with Gasteiger partial charge in [-0.3, -0.25) is 4.90 Å². The molecular formula is C30H29N3O4S2. The first-order chi connectivity index (χ1) is 18.5. The van der Waals surface area contributed by atoms with E-state index in [9.17, 15) is 16.8 Å². The summed E-state index contributed by atoms with van der Waals surface area (Å²) in [5.74, 6) is 12.0. The molecule has 1 N–H and O–H groups in total. The number of hydrogen-bond acceptors (Lipinski definition) is 5. The van der Waals surface area contributed by atoms with Crippen LogP contribution in [0.15, 0.2) is 82.7 Å². The van der Waals surface area contributed by atoms with Gasteiger partial charge in [-0.1, -0.05) is 59.1 Å². The molecule has 4 rings (SSSR count). The molecule has 0 spiro atoms. The zero-order valence-electron chi connectivity index (χ0n) is 22.2. The van der Waals surface area contributed by atoms with Crippen molar-refractivity contribution in [1.29, 1.82) is 0 Å². The van der Waals surface area contributed by atoms with E-state index in [1.165, 1.54) is 22.3 Å². The zero-order chi connectivity index (χ0) is 28.2. The first-order valence-electron chi connectivity index (χ1n) is 12.1. The fourth-order valence-corrected chi connectivity index (χ4v) is 6.06. The quantitative estimate of drug-likeness (QED) is 0.364. The molecule has 3 aromatic carbocycles. The van der Waals surface area contributed by atoms with Gasteiger partial charge in [0.2, 0.25) is 10.0 Å². The Morgan fingerprint density at radius 3 is 2.03 bits per heavy atom. The molecular weight excluding hydrogens is 530 g/mol. The van der Waals surface area contributed by atoms with Gasteiger partial charge in [0.1, 0.15) is 0 Å². The van der Waals surface area contributed by atoms with Crippen molar-refractivity contribution in [3.63, 3.8) is 0 Å². The molecule has 0 radical (unpaired) electrons. The monoisotopic (exact) mass is 559 g/mol. The molecule has 0 aliphatic rings.